The predicted molar refractivity (Wildman–Crippen MR) is 383 cm³/mol. The first-order valence-electron chi connectivity index (χ1n) is 34.6. The van der Waals surface area contributed by atoms with Gasteiger partial charge in [0, 0.05) is 21.7 Å². The number of hydrogen-bond donors (Lipinski definition) is 0. The van der Waals surface area contributed by atoms with Crippen molar-refractivity contribution < 1.29 is 66.3 Å². The van der Waals surface area contributed by atoms with Gasteiger partial charge in [0.25, 0.3) is 0 Å². The maximum Gasteiger partial charge on any atom is 0.119 e. The minimum atomic E-state index is -0.400. The number of hydrogen-bond acceptors (Lipinski definition) is 14. The Kier molecular flexibility index (Phi) is 23.6. The smallest absolute Gasteiger partial charge is 0.119 e. The summed E-state index contributed by atoms with van der Waals surface area (Å²) in [5.41, 5.74) is 10.3. The molecule has 0 aromatic heterocycles. The lowest BCUT2D eigenvalue weighted by molar-refractivity contribution is 0.263. The molecule has 7 atom stereocenters. The Morgan fingerprint density at radius 1 is 0.235 bits per heavy atom. The third-order valence-electron chi connectivity index (χ3n) is 18.8. The quantitative estimate of drug-likeness (QED) is 0.0310. The molecule has 14 heteroatoms. The maximum atomic E-state index is 5.94. The first kappa shape index (κ1) is 71.4. The minimum Gasteiger partial charge on any atom is -0.491 e. The molecular weight excluding hydrogens is 1230 g/mol. The molecule has 0 aliphatic carbocycles. The molecule has 0 saturated carbocycles. The van der Waals surface area contributed by atoms with Gasteiger partial charge in [0.05, 0.1) is 46.2 Å². The number of ether oxygens (including phenoxy) is 14. The van der Waals surface area contributed by atoms with E-state index in [1.807, 2.05) is 48.5 Å². The van der Waals surface area contributed by atoms with Crippen LogP contribution in [-0.4, -0.2) is 135 Å². The fourth-order valence-electron chi connectivity index (χ4n) is 11.3. The van der Waals surface area contributed by atoms with Crippen molar-refractivity contribution in [1.29, 1.82) is 0 Å². The van der Waals surface area contributed by atoms with Gasteiger partial charge in [-0.25, -0.2) is 0 Å². The fraction of sp³-hybridized carbons (Fsp3) is 0.429. The molecule has 0 radical (unpaired) electrons. The second kappa shape index (κ2) is 32.4. The van der Waals surface area contributed by atoms with Gasteiger partial charge in [0.1, 0.15) is 129 Å². The molecule has 0 N–H and O–H groups in total. The molecule has 8 aromatic carbocycles. The highest BCUT2D eigenvalue weighted by molar-refractivity contribution is 5.53. The molecule has 7 fully saturated rings. The fourth-order valence-corrected chi connectivity index (χ4v) is 11.3. The number of benzene rings is 8. The van der Waals surface area contributed by atoms with Gasteiger partial charge in [0.15, 0.2) is 0 Å². The van der Waals surface area contributed by atoms with Crippen LogP contribution >= 0.6 is 0 Å². The summed E-state index contributed by atoms with van der Waals surface area (Å²) in [5, 5.41) is 0. The average molecular weight is 1330 g/mol. The first-order valence-corrected chi connectivity index (χ1v) is 34.6. The molecule has 14 nitrogen and oxygen atoms in total. The van der Waals surface area contributed by atoms with Crippen molar-refractivity contribution in [3.05, 3.63) is 244 Å². The molecule has 98 heavy (non-hydrogen) atoms. The highest BCUT2D eigenvalue weighted by atomic mass is 16.6. The zero-order valence-electron chi connectivity index (χ0n) is 57.8. The van der Waals surface area contributed by atoms with Crippen molar-refractivity contribution in [3.63, 3.8) is 0 Å². The van der Waals surface area contributed by atoms with E-state index in [-0.39, 0.29) is 66.4 Å². The lowest BCUT2D eigenvalue weighted by Gasteiger charge is -2.33. The summed E-state index contributed by atoms with van der Waals surface area (Å²) in [6.07, 6.45) is 3.07. The van der Waals surface area contributed by atoms with E-state index in [0.717, 1.165) is 86.5 Å². The molecule has 7 unspecified atom stereocenters. The van der Waals surface area contributed by atoms with Crippen molar-refractivity contribution in [3.8, 4) is 40.2 Å². The van der Waals surface area contributed by atoms with Gasteiger partial charge in [-0.05, 0) is 142 Å². The molecule has 7 heterocycles. The second-order valence-electron chi connectivity index (χ2n) is 27.8. The van der Waals surface area contributed by atoms with Gasteiger partial charge < -0.3 is 66.3 Å². The summed E-state index contributed by atoms with van der Waals surface area (Å²) >= 11 is 0. The highest BCUT2D eigenvalue weighted by Crippen LogP contribution is 2.43. The second-order valence-corrected chi connectivity index (χ2v) is 27.8. The van der Waals surface area contributed by atoms with Gasteiger partial charge in [-0.15, -0.1) is 0 Å². The molecular formula is C84H100O14. The lowest BCUT2D eigenvalue weighted by Crippen LogP contribution is -2.26. The van der Waals surface area contributed by atoms with Crippen molar-refractivity contribution in [2.45, 2.75) is 141 Å². The van der Waals surface area contributed by atoms with Crippen LogP contribution in [0.1, 0.15) is 126 Å². The monoisotopic (exact) mass is 1330 g/mol. The Hall–Kier alpha value is -7.92. The van der Waals surface area contributed by atoms with Crippen LogP contribution in [0.5, 0.6) is 40.2 Å². The molecule has 7 aliphatic rings. The van der Waals surface area contributed by atoms with E-state index in [2.05, 4.69) is 208 Å². The van der Waals surface area contributed by atoms with E-state index in [4.69, 9.17) is 66.3 Å². The van der Waals surface area contributed by atoms with Crippen molar-refractivity contribution in [2.75, 3.05) is 92.5 Å². The average Bonchev–Trinajstić information content (AvgIpc) is 1.49. The Morgan fingerprint density at radius 2 is 0.347 bits per heavy atom. The zero-order chi connectivity index (χ0) is 67.4. The molecule has 7 saturated heterocycles. The van der Waals surface area contributed by atoms with Gasteiger partial charge >= 0.3 is 0 Å². The van der Waals surface area contributed by atoms with Gasteiger partial charge in [-0.1, -0.05) is 178 Å². The maximum absolute atomic E-state index is 5.94. The molecule has 15 rings (SSSR count). The summed E-state index contributed by atoms with van der Waals surface area (Å²) < 4.78 is 77.1. The summed E-state index contributed by atoms with van der Waals surface area (Å²) in [4.78, 5) is 0. The van der Waals surface area contributed by atoms with Crippen LogP contribution in [0.15, 0.2) is 194 Å². The lowest BCUT2D eigenvalue weighted by atomic mass is 9.70. The number of rotatable bonds is 30. The van der Waals surface area contributed by atoms with Crippen LogP contribution in [0.4, 0.5) is 0 Å². The molecule has 0 amide bonds. The molecule has 7 aliphatic heterocycles. The van der Waals surface area contributed by atoms with Crippen LogP contribution < -0.4 is 33.2 Å². The SMILES string of the molecule is C.CC(C)(c1ccc(OCC2CO2)cc1)c1ccc(C(C)(c2ccc(OCC3CO3)cc2)c2ccc(OCC3CO3)cc2)cc1.CC(C)(c1ccc(OCC2CO2)cc1)c1ccc(OCC2CO2)cc1.CC(C)(c1ccc(OCC2CO2)cc1)c1ccc(OCC2CO2)cc1.CCC. The first-order chi connectivity index (χ1) is 47.0. The van der Waals surface area contributed by atoms with Crippen LogP contribution in [0, 0.1) is 0 Å². The molecule has 8 aromatic rings. The normalized spacial score (nSPS) is 21.0. The Bertz CT molecular complexity index is 3380. The minimum absolute atomic E-state index is 0. The summed E-state index contributed by atoms with van der Waals surface area (Å²) in [6.45, 7) is 30.0. The van der Waals surface area contributed by atoms with E-state index in [0.29, 0.717) is 46.2 Å². The predicted octanol–water partition coefficient (Wildman–Crippen LogP) is 15.9. The van der Waals surface area contributed by atoms with E-state index < -0.39 is 5.41 Å². The Balaban J connectivity index is 0.000000154. The topological polar surface area (TPSA) is 152 Å². The summed E-state index contributed by atoms with van der Waals surface area (Å²) in [7, 11) is 0. The third-order valence-corrected chi connectivity index (χ3v) is 18.8. The van der Waals surface area contributed by atoms with Crippen LogP contribution in [-0.2, 0) is 54.8 Å². The molecule has 0 spiro atoms. The van der Waals surface area contributed by atoms with Crippen LogP contribution in [0.25, 0.3) is 0 Å². The van der Waals surface area contributed by atoms with E-state index in [1.54, 1.807) is 0 Å². The van der Waals surface area contributed by atoms with Crippen molar-refractivity contribution in [1.82, 2.24) is 0 Å². The Labute approximate surface area is 581 Å². The van der Waals surface area contributed by atoms with Crippen molar-refractivity contribution >= 4 is 0 Å². The van der Waals surface area contributed by atoms with Gasteiger partial charge in [-0.3, -0.25) is 0 Å². The largest absolute Gasteiger partial charge is 0.491 e. The van der Waals surface area contributed by atoms with E-state index in [1.165, 1.54) is 56.5 Å². The third kappa shape index (κ3) is 20.1. The van der Waals surface area contributed by atoms with Crippen LogP contribution in [0.3, 0.4) is 0 Å². The van der Waals surface area contributed by atoms with E-state index >= 15 is 0 Å². The van der Waals surface area contributed by atoms with E-state index in [9.17, 15) is 0 Å². The summed E-state index contributed by atoms with van der Waals surface area (Å²) in [6, 6.07) is 67.8. The van der Waals surface area contributed by atoms with Gasteiger partial charge in [0.2, 0.25) is 0 Å². The Morgan fingerprint density at radius 3 is 0.480 bits per heavy atom. The highest BCUT2D eigenvalue weighted by Gasteiger charge is 2.35. The summed E-state index contributed by atoms with van der Waals surface area (Å²) in [5.74, 6) is 6.14. The van der Waals surface area contributed by atoms with Crippen molar-refractivity contribution in [2.24, 2.45) is 0 Å². The number of epoxide rings is 7. The standard InChI is InChI=1S/C38H40O6.2C21H24O4.C3H8.CH4/c1-37(2,27-8-14-31(15-9-27)39-20-34-23-42-34)26-4-6-28(7-5-26)38(3,29-10-16-32(17-11-29)40-21-35-24-43-35)30-12-18-33(19-13-30)41-22-36-25-44-36;2*1-21(2,15-3-7-17(8-4-15)22-11-19-13-24-19)16-5-9-18(10-6-16)23-12-20-14-25-20;1-3-2;/h4-19,34-36H,20-25H2,1-3H3;2*3-10,19-20H,11-14H2,1-2H3;3H2,1-2H3;1H4. The van der Waals surface area contributed by atoms with Crippen LogP contribution in [0.2, 0.25) is 0 Å². The molecule has 0 bridgehead atoms. The molecule has 520 valence electrons. The van der Waals surface area contributed by atoms with Gasteiger partial charge in [-0.2, -0.15) is 0 Å². The zero-order valence-corrected chi connectivity index (χ0v) is 57.8.